The third-order valence-electron chi connectivity index (χ3n) is 4.75. The Morgan fingerprint density at radius 1 is 1.24 bits per heavy atom. The van der Waals surface area contributed by atoms with Crippen LogP contribution in [-0.4, -0.2) is 50.9 Å². The number of anilines is 1. The second kappa shape index (κ2) is 9.72. The minimum absolute atomic E-state index is 0.0291. The summed E-state index contributed by atoms with van der Waals surface area (Å²) in [5.74, 6) is -0.270. The molecule has 0 saturated carbocycles. The van der Waals surface area contributed by atoms with E-state index in [9.17, 15) is 14.4 Å². The quantitative estimate of drug-likeness (QED) is 0.353. The zero-order chi connectivity index (χ0) is 25.2. The molecule has 2 aromatic heterocycles. The van der Waals surface area contributed by atoms with Gasteiger partial charge in [-0.25, -0.2) is 4.79 Å². The van der Waals surface area contributed by atoms with Crippen LogP contribution in [0.4, 0.5) is 10.5 Å². The minimum atomic E-state index is -0.754. The van der Waals surface area contributed by atoms with Gasteiger partial charge in [0.1, 0.15) is 16.9 Å². The Labute approximate surface area is 201 Å². The van der Waals surface area contributed by atoms with Crippen LogP contribution in [0, 0.1) is 0 Å². The van der Waals surface area contributed by atoms with Gasteiger partial charge in [-0.1, -0.05) is 32.4 Å². The first-order valence-electron chi connectivity index (χ1n) is 10.5. The van der Waals surface area contributed by atoms with Crippen molar-refractivity contribution >= 4 is 40.9 Å². The van der Waals surface area contributed by atoms with E-state index in [2.05, 4.69) is 25.8 Å². The van der Waals surface area contributed by atoms with E-state index in [1.807, 2.05) is 20.8 Å². The van der Waals surface area contributed by atoms with E-state index in [4.69, 9.17) is 21.1 Å². The predicted molar refractivity (Wildman–Crippen MR) is 126 cm³/mol. The molecule has 12 heteroatoms. The van der Waals surface area contributed by atoms with Crippen molar-refractivity contribution in [2.45, 2.75) is 52.6 Å². The molecule has 3 aromatic rings. The number of aromatic amines is 1. The molecule has 0 radical (unpaired) electrons. The average Bonchev–Trinajstić information content (AvgIpc) is 3.26. The van der Waals surface area contributed by atoms with E-state index in [-0.39, 0.29) is 23.5 Å². The molecule has 1 unspecified atom stereocenters. The molecule has 0 aliphatic rings. The summed E-state index contributed by atoms with van der Waals surface area (Å²) in [7, 11) is 1.50. The second-order valence-corrected chi connectivity index (χ2v) is 9.13. The Balaban J connectivity index is 1.87. The summed E-state index contributed by atoms with van der Waals surface area (Å²) >= 11 is 6.51. The molecule has 1 atom stereocenters. The maximum Gasteiger partial charge on any atom is 0.411 e. The lowest BCUT2D eigenvalue weighted by Crippen LogP contribution is -2.27. The van der Waals surface area contributed by atoms with Gasteiger partial charge in [0.15, 0.2) is 11.5 Å². The summed E-state index contributed by atoms with van der Waals surface area (Å²) in [6.45, 7) is 8.86. The first-order valence-corrected chi connectivity index (χ1v) is 10.9. The molecule has 0 spiro atoms. The summed E-state index contributed by atoms with van der Waals surface area (Å²) in [6, 6.07) is 4.69. The number of ether oxygens (including phenoxy) is 2. The molecule has 2 amide bonds. The first kappa shape index (κ1) is 25.0. The van der Waals surface area contributed by atoms with Crippen LogP contribution < -0.4 is 15.4 Å². The molecule has 1 aromatic carbocycles. The molecular formula is C22H27ClN6O5. The molecule has 2 heterocycles. The Bertz CT molecular complexity index is 1240. The van der Waals surface area contributed by atoms with E-state index >= 15 is 0 Å². The van der Waals surface area contributed by atoms with Gasteiger partial charge < -0.3 is 19.8 Å². The highest BCUT2D eigenvalue weighted by Gasteiger charge is 2.26. The molecule has 11 nitrogen and oxygen atoms in total. The van der Waals surface area contributed by atoms with Crippen molar-refractivity contribution in [2.24, 2.45) is 0 Å². The molecule has 3 N–H and O–H groups in total. The van der Waals surface area contributed by atoms with Gasteiger partial charge in [0.25, 0.3) is 0 Å². The number of halogens is 1. The summed E-state index contributed by atoms with van der Waals surface area (Å²) in [5.41, 5.74) is 1.71. The van der Waals surface area contributed by atoms with Gasteiger partial charge in [-0.05, 0) is 19.1 Å². The molecule has 3 rings (SSSR count). The number of carbonyl (C=O) groups excluding carboxylic acids is 3. The second-order valence-electron chi connectivity index (χ2n) is 8.75. The molecule has 0 fully saturated rings. The molecule has 0 aliphatic carbocycles. The summed E-state index contributed by atoms with van der Waals surface area (Å²) < 4.78 is 11.9. The van der Waals surface area contributed by atoms with Crippen molar-refractivity contribution < 1.29 is 23.9 Å². The van der Waals surface area contributed by atoms with Gasteiger partial charge in [-0.15, -0.1) is 9.73 Å². The zero-order valence-electron chi connectivity index (χ0n) is 19.8. The summed E-state index contributed by atoms with van der Waals surface area (Å²) in [5, 5.41) is 14.4. The standard InChI is InChI=1S/C22H27ClN6O5/c1-11(9-16(31)24-6)33-21(32)25-13-7-8-14(15(10-13)34-12(2)30)19-26-20-17(23)18(22(3,4)5)27-29(20)28-19/h7-8,10-11H,9H2,1-6H3,(H,24,31)(H,25,32)(H,26,28). The van der Waals surface area contributed by atoms with Crippen LogP contribution in [0.5, 0.6) is 5.75 Å². The van der Waals surface area contributed by atoms with Crippen LogP contribution in [0.3, 0.4) is 0 Å². The van der Waals surface area contributed by atoms with Gasteiger partial charge in [0.2, 0.25) is 5.91 Å². The number of nitrogens with one attached hydrogen (secondary N) is 3. The number of fused-ring (bicyclic) bond motifs is 1. The Morgan fingerprint density at radius 3 is 2.53 bits per heavy atom. The fourth-order valence-corrected chi connectivity index (χ4v) is 3.61. The van der Waals surface area contributed by atoms with Crippen molar-refractivity contribution in [2.75, 3.05) is 12.4 Å². The smallest absolute Gasteiger partial charge is 0.411 e. The fourth-order valence-electron chi connectivity index (χ4n) is 3.17. The van der Waals surface area contributed by atoms with Crippen LogP contribution in [0.2, 0.25) is 5.02 Å². The van der Waals surface area contributed by atoms with Gasteiger partial charge in [-0.3, -0.25) is 14.9 Å². The molecule has 0 saturated heterocycles. The number of H-pyrrole nitrogens is 1. The van der Waals surface area contributed by atoms with Crippen molar-refractivity contribution in [3.8, 4) is 17.1 Å². The number of nitrogens with zero attached hydrogens (tertiary/aromatic N) is 3. The van der Waals surface area contributed by atoms with E-state index in [0.29, 0.717) is 33.4 Å². The van der Waals surface area contributed by atoms with Crippen LogP contribution >= 0.6 is 11.6 Å². The van der Waals surface area contributed by atoms with Crippen LogP contribution in [-0.2, 0) is 19.7 Å². The maximum absolute atomic E-state index is 12.2. The maximum atomic E-state index is 12.2. The monoisotopic (exact) mass is 490 g/mol. The number of hydrogen-bond acceptors (Lipinski definition) is 7. The third-order valence-corrected chi connectivity index (χ3v) is 5.11. The van der Waals surface area contributed by atoms with E-state index in [1.54, 1.807) is 19.1 Å². The van der Waals surface area contributed by atoms with Gasteiger partial charge >= 0.3 is 12.1 Å². The predicted octanol–water partition coefficient (Wildman–Crippen LogP) is 3.67. The lowest BCUT2D eigenvalue weighted by Gasteiger charge is -2.15. The van der Waals surface area contributed by atoms with Crippen molar-refractivity contribution in [3.63, 3.8) is 0 Å². The van der Waals surface area contributed by atoms with Crippen LogP contribution in [0.1, 0.15) is 46.7 Å². The number of hydrogen-bond donors (Lipinski definition) is 3. The molecule has 0 bridgehead atoms. The largest absolute Gasteiger partial charge is 0.446 e. The van der Waals surface area contributed by atoms with Gasteiger partial charge in [-0.2, -0.15) is 5.10 Å². The van der Waals surface area contributed by atoms with Crippen molar-refractivity contribution in [1.82, 2.24) is 25.1 Å². The van der Waals surface area contributed by atoms with Gasteiger partial charge in [0.05, 0.1) is 17.7 Å². The lowest BCUT2D eigenvalue weighted by atomic mass is 9.92. The average molecular weight is 491 g/mol. The van der Waals surface area contributed by atoms with E-state index in [0.717, 1.165) is 0 Å². The number of esters is 1. The topological polar surface area (TPSA) is 140 Å². The van der Waals surface area contributed by atoms with Gasteiger partial charge in [0, 0.05) is 31.1 Å². The zero-order valence-corrected chi connectivity index (χ0v) is 20.5. The first-order chi connectivity index (χ1) is 15.9. The molecular weight excluding hydrogens is 464 g/mol. The Hall–Kier alpha value is -3.60. The molecule has 182 valence electrons. The number of aromatic nitrogens is 4. The fraction of sp³-hybridized carbons (Fsp3) is 0.409. The van der Waals surface area contributed by atoms with Crippen LogP contribution in [0.25, 0.3) is 17.0 Å². The highest BCUT2D eigenvalue weighted by Crippen LogP contribution is 2.35. The number of rotatable bonds is 6. The number of benzene rings is 1. The highest BCUT2D eigenvalue weighted by atomic mass is 35.5. The Morgan fingerprint density at radius 2 is 1.94 bits per heavy atom. The minimum Gasteiger partial charge on any atom is -0.446 e. The molecule has 0 aliphatic heterocycles. The Kier molecular flexibility index (Phi) is 7.15. The number of amides is 2. The lowest BCUT2D eigenvalue weighted by molar-refractivity contribution is -0.131. The highest BCUT2D eigenvalue weighted by molar-refractivity contribution is 6.34. The summed E-state index contributed by atoms with van der Waals surface area (Å²) in [6.07, 6.45) is -1.36. The van der Waals surface area contributed by atoms with Crippen LogP contribution in [0.15, 0.2) is 18.2 Å². The summed E-state index contributed by atoms with van der Waals surface area (Å²) in [4.78, 5) is 38.4. The SMILES string of the molecule is CNC(=O)CC(C)OC(=O)Nc1ccc(-c2nn3nc(C(C)(C)C)c(Cl)c3[nH]2)c(OC(C)=O)c1. The third kappa shape index (κ3) is 5.66. The van der Waals surface area contributed by atoms with E-state index in [1.165, 1.54) is 24.7 Å². The normalized spacial score (nSPS) is 12.3. The number of carbonyl (C=O) groups is 3. The van der Waals surface area contributed by atoms with Crippen molar-refractivity contribution in [3.05, 3.63) is 28.9 Å². The molecule has 34 heavy (non-hydrogen) atoms. The van der Waals surface area contributed by atoms with E-state index < -0.39 is 18.2 Å². The van der Waals surface area contributed by atoms with Crippen molar-refractivity contribution in [1.29, 1.82) is 0 Å².